The molecule has 3 fully saturated rings. The molecule has 37 heavy (non-hydrogen) atoms. The van der Waals surface area contributed by atoms with Gasteiger partial charge in [0.25, 0.3) is 0 Å². The average molecular weight is 525 g/mol. The van der Waals surface area contributed by atoms with E-state index in [9.17, 15) is 23.5 Å². The van der Waals surface area contributed by atoms with Gasteiger partial charge in [0.1, 0.15) is 5.82 Å². The van der Waals surface area contributed by atoms with E-state index in [1.165, 1.54) is 6.20 Å². The van der Waals surface area contributed by atoms with Crippen molar-refractivity contribution in [1.29, 1.82) is 0 Å². The number of carboxylic acid groups (broad SMARTS) is 1. The van der Waals surface area contributed by atoms with Crippen LogP contribution >= 0.6 is 11.6 Å². The monoisotopic (exact) mass is 524 g/mol. The Morgan fingerprint density at radius 3 is 2.24 bits per heavy atom. The van der Waals surface area contributed by atoms with E-state index < -0.39 is 34.5 Å². The number of fused-ring (bicyclic) bond motifs is 3. The number of carboxylic acids is 1. The van der Waals surface area contributed by atoms with Gasteiger partial charge in [-0.05, 0) is 68.7 Å². The molecule has 3 aliphatic carbocycles. The Kier molecular flexibility index (Phi) is 6.75. The lowest BCUT2D eigenvalue weighted by Gasteiger charge is -2.51. The number of halogens is 3. The van der Waals surface area contributed by atoms with Crippen molar-refractivity contribution in [3.8, 4) is 11.1 Å². The lowest BCUT2D eigenvalue weighted by atomic mass is 9.57. The molecule has 0 saturated heterocycles. The van der Waals surface area contributed by atoms with Crippen LogP contribution in [0.15, 0.2) is 60.8 Å². The first-order valence-corrected chi connectivity index (χ1v) is 12.8. The standard InChI is InChI=1S/C29H27ClF2N2O3/c30-21-7-8-22(31)24(25(21)32)19-6-9-23(33-17-19)20(16-18-4-2-1-3-5-18)26(35)34-29-13-10-28(11-14-29,12-15-29)27(36)37/h1-9,17,20H,10-16H2,(H,34,35)(H,36,37). The molecular weight excluding hydrogens is 498 g/mol. The van der Waals surface area contributed by atoms with Gasteiger partial charge in [0.15, 0.2) is 5.82 Å². The molecule has 8 heteroatoms. The maximum Gasteiger partial charge on any atom is 0.309 e. The van der Waals surface area contributed by atoms with Crippen LogP contribution in [0.1, 0.15) is 55.7 Å². The van der Waals surface area contributed by atoms with E-state index in [1.807, 2.05) is 30.3 Å². The molecule has 6 rings (SSSR count). The first-order chi connectivity index (χ1) is 17.7. The van der Waals surface area contributed by atoms with Gasteiger partial charge in [-0.25, -0.2) is 8.78 Å². The number of benzene rings is 2. The van der Waals surface area contributed by atoms with Crippen LogP contribution < -0.4 is 5.32 Å². The number of aliphatic carboxylic acids is 1. The summed E-state index contributed by atoms with van der Waals surface area (Å²) in [4.78, 5) is 30.0. The van der Waals surface area contributed by atoms with Gasteiger partial charge in [0.05, 0.1) is 27.6 Å². The van der Waals surface area contributed by atoms with Crippen molar-refractivity contribution in [3.63, 3.8) is 0 Å². The number of carbonyl (C=O) groups is 2. The highest BCUT2D eigenvalue weighted by Gasteiger charge is 2.53. The third-order valence-electron chi connectivity index (χ3n) is 8.16. The number of rotatable bonds is 7. The fourth-order valence-electron chi connectivity index (χ4n) is 5.77. The smallest absolute Gasteiger partial charge is 0.309 e. The van der Waals surface area contributed by atoms with Crippen LogP contribution in [-0.4, -0.2) is 27.5 Å². The number of hydrogen-bond acceptors (Lipinski definition) is 3. The largest absolute Gasteiger partial charge is 0.481 e. The van der Waals surface area contributed by atoms with Crippen LogP contribution in [0.4, 0.5) is 8.78 Å². The van der Waals surface area contributed by atoms with Crippen LogP contribution in [0.2, 0.25) is 5.02 Å². The summed E-state index contributed by atoms with van der Waals surface area (Å²) in [6.07, 6.45) is 5.29. The van der Waals surface area contributed by atoms with Gasteiger partial charge < -0.3 is 10.4 Å². The molecule has 1 heterocycles. The summed E-state index contributed by atoms with van der Waals surface area (Å²) in [7, 11) is 0. The minimum atomic E-state index is -0.860. The third kappa shape index (κ3) is 4.85. The molecule has 1 atom stereocenters. The number of amides is 1. The Labute approximate surface area is 218 Å². The molecule has 0 spiro atoms. The van der Waals surface area contributed by atoms with Crippen molar-refractivity contribution in [3.05, 3.63) is 88.7 Å². The highest BCUT2D eigenvalue weighted by molar-refractivity contribution is 6.31. The first-order valence-electron chi connectivity index (χ1n) is 12.4. The molecule has 0 aliphatic heterocycles. The number of nitrogens with zero attached hydrogens (tertiary/aromatic N) is 1. The molecule has 3 saturated carbocycles. The number of nitrogens with one attached hydrogen (secondary N) is 1. The van der Waals surface area contributed by atoms with E-state index >= 15 is 0 Å². The molecule has 5 nitrogen and oxygen atoms in total. The minimum Gasteiger partial charge on any atom is -0.481 e. The Morgan fingerprint density at radius 2 is 1.65 bits per heavy atom. The van der Waals surface area contributed by atoms with Crippen molar-refractivity contribution < 1.29 is 23.5 Å². The van der Waals surface area contributed by atoms with Gasteiger partial charge in [-0.3, -0.25) is 14.6 Å². The second-order valence-electron chi connectivity index (χ2n) is 10.3. The van der Waals surface area contributed by atoms with Gasteiger partial charge in [-0.1, -0.05) is 48.0 Å². The number of carbonyl (C=O) groups excluding carboxylic acids is 1. The normalized spacial score (nSPS) is 23.4. The predicted octanol–water partition coefficient (Wildman–Crippen LogP) is 6.30. The van der Waals surface area contributed by atoms with Crippen molar-refractivity contribution >= 4 is 23.5 Å². The summed E-state index contributed by atoms with van der Waals surface area (Å²) < 4.78 is 28.9. The average Bonchev–Trinajstić information content (AvgIpc) is 2.91. The summed E-state index contributed by atoms with van der Waals surface area (Å²) in [5.41, 5.74) is 0.309. The fourth-order valence-corrected chi connectivity index (χ4v) is 5.93. The number of pyridine rings is 1. The van der Waals surface area contributed by atoms with E-state index in [4.69, 9.17) is 11.6 Å². The zero-order chi connectivity index (χ0) is 26.2. The molecule has 192 valence electrons. The van der Waals surface area contributed by atoms with E-state index in [-0.39, 0.29) is 22.1 Å². The maximum atomic E-state index is 14.5. The molecule has 3 aliphatic rings. The Hall–Kier alpha value is -3.32. The summed E-state index contributed by atoms with van der Waals surface area (Å²) in [5.74, 6) is -3.17. The summed E-state index contributed by atoms with van der Waals surface area (Å²) in [5, 5.41) is 12.8. The maximum absolute atomic E-state index is 14.5. The number of hydrogen-bond donors (Lipinski definition) is 2. The highest BCUT2D eigenvalue weighted by atomic mass is 35.5. The van der Waals surface area contributed by atoms with E-state index in [0.717, 1.165) is 17.7 Å². The van der Waals surface area contributed by atoms with Crippen molar-refractivity contribution in [2.24, 2.45) is 5.41 Å². The molecule has 2 N–H and O–H groups in total. The van der Waals surface area contributed by atoms with Crippen LogP contribution in [0.5, 0.6) is 0 Å². The van der Waals surface area contributed by atoms with E-state index in [1.54, 1.807) is 12.1 Å². The zero-order valence-electron chi connectivity index (χ0n) is 20.1. The third-order valence-corrected chi connectivity index (χ3v) is 8.46. The quantitative estimate of drug-likeness (QED) is 0.355. The molecule has 1 amide bonds. The summed E-state index contributed by atoms with van der Waals surface area (Å²) in [6.45, 7) is 0. The summed E-state index contributed by atoms with van der Waals surface area (Å²) >= 11 is 5.85. The SMILES string of the molecule is O=C(NC12CCC(C(=O)O)(CC1)CC2)C(Cc1ccccc1)c1ccc(-c2c(F)ccc(Cl)c2F)cn1. The Balaban J connectivity index is 1.42. The van der Waals surface area contributed by atoms with Crippen LogP contribution in [0.3, 0.4) is 0 Å². The van der Waals surface area contributed by atoms with Gasteiger partial charge in [-0.15, -0.1) is 0 Å². The Bertz CT molecular complexity index is 1310. The minimum absolute atomic E-state index is 0.186. The van der Waals surface area contributed by atoms with Crippen molar-refractivity contribution in [1.82, 2.24) is 10.3 Å². The molecule has 1 aromatic heterocycles. The molecule has 1 unspecified atom stereocenters. The predicted molar refractivity (Wildman–Crippen MR) is 136 cm³/mol. The second-order valence-corrected chi connectivity index (χ2v) is 10.7. The van der Waals surface area contributed by atoms with Gasteiger partial charge in [0.2, 0.25) is 5.91 Å². The molecule has 3 aromatic rings. The lowest BCUT2D eigenvalue weighted by molar-refractivity contribution is -0.157. The molecular formula is C29H27ClF2N2O3. The van der Waals surface area contributed by atoms with E-state index in [0.29, 0.717) is 50.6 Å². The van der Waals surface area contributed by atoms with Gasteiger partial charge in [-0.2, -0.15) is 0 Å². The topological polar surface area (TPSA) is 79.3 Å². The Morgan fingerprint density at radius 1 is 0.973 bits per heavy atom. The van der Waals surface area contributed by atoms with Crippen LogP contribution in [0.25, 0.3) is 11.1 Å². The fraction of sp³-hybridized carbons (Fsp3) is 0.345. The highest BCUT2D eigenvalue weighted by Crippen LogP contribution is 2.52. The second kappa shape index (κ2) is 9.86. The van der Waals surface area contributed by atoms with Crippen LogP contribution in [-0.2, 0) is 16.0 Å². The molecule has 0 radical (unpaired) electrons. The molecule has 2 aromatic carbocycles. The number of aromatic nitrogens is 1. The van der Waals surface area contributed by atoms with Gasteiger partial charge >= 0.3 is 5.97 Å². The molecule has 2 bridgehead atoms. The zero-order valence-corrected chi connectivity index (χ0v) is 20.9. The first kappa shape index (κ1) is 25.3. The van der Waals surface area contributed by atoms with Gasteiger partial charge in [0, 0.05) is 17.3 Å². The summed E-state index contributed by atoms with van der Waals surface area (Å²) in [6, 6.07) is 15.0. The van der Waals surface area contributed by atoms with Crippen molar-refractivity contribution in [2.75, 3.05) is 0 Å². The van der Waals surface area contributed by atoms with Crippen molar-refractivity contribution in [2.45, 2.75) is 56.4 Å². The lowest BCUT2D eigenvalue weighted by Crippen LogP contribution is -2.59. The van der Waals surface area contributed by atoms with Crippen LogP contribution in [0, 0.1) is 17.0 Å². The van der Waals surface area contributed by atoms with E-state index in [2.05, 4.69) is 10.3 Å².